The Kier molecular flexibility index (Phi) is 53.1. The lowest BCUT2D eigenvalue weighted by Gasteiger charge is -2.22. The van der Waals surface area contributed by atoms with Gasteiger partial charge in [-0.05, 0) is 77.0 Å². The molecule has 6 heteroatoms. The van der Waals surface area contributed by atoms with Crippen molar-refractivity contribution in [2.75, 3.05) is 13.2 Å². The van der Waals surface area contributed by atoms with Crippen LogP contribution in [0.15, 0.2) is 36.5 Å². The van der Waals surface area contributed by atoms with Gasteiger partial charge in [0.05, 0.1) is 25.4 Å². The third-order valence-corrected chi connectivity index (χ3v) is 13.1. The van der Waals surface area contributed by atoms with Gasteiger partial charge < -0.3 is 20.3 Å². The van der Waals surface area contributed by atoms with Gasteiger partial charge >= 0.3 is 5.97 Å². The number of hydrogen-bond acceptors (Lipinski definition) is 5. The Morgan fingerprint density at radius 1 is 0.431 bits per heavy atom. The molecular formula is C59H111NO5. The molecule has 65 heavy (non-hydrogen) atoms. The average Bonchev–Trinajstić information content (AvgIpc) is 3.31. The zero-order chi connectivity index (χ0) is 47.2. The van der Waals surface area contributed by atoms with E-state index in [1.54, 1.807) is 0 Å². The fourth-order valence-electron chi connectivity index (χ4n) is 8.73. The highest BCUT2D eigenvalue weighted by Crippen LogP contribution is 2.17. The van der Waals surface area contributed by atoms with Gasteiger partial charge in [-0.2, -0.15) is 0 Å². The van der Waals surface area contributed by atoms with Crippen molar-refractivity contribution in [3.8, 4) is 0 Å². The Hall–Kier alpha value is -1.92. The summed E-state index contributed by atoms with van der Waals surface area (Å²) in [6.07, 6.45) is 67.1. The number of aliphatic hydroxyl groups excluding tert-OH is 2. The summed E-state index contributed by atoms with van der Waals surface area (Å²) in [6.45, 7) is 4.88. The molecule has 2 atom stereocenters. The largest absolute Gasteiger partial charge is 0.466 e. The van der Waals surface area contributed by atoms with Crippen molar-refractivity contribution >= 4 is 11.9 Å². The summed E-state index contributed by atoms with van der Waals surface area (Å²) in [6, 6.07) is -0.545. The summed E-state index contributed by atoms with van der Waals surface area (Å²) < 4.78 is 5.46. The van der Waals surface area contributed by atoms with Gasteiger partial charge in [0, 0.05) is 12.8 Å². The van der Waals surface area contributed by atoms with Crippen LogP contribution in [0.4, 0.5) is 0 Å². The molecule has 0 bridgehead atoms. The van der Waals surface area contributed by atoms with Gasteiger partial charge in [-0.3, -0.25) is 9.59 Å². The number of hydrogen-bond donors (Lipinski definition) is 3. The number of allylic oxidation sites excluding steroid dienone is 6. The summed E-state index contributed by atoms with van der Waals surface area (Å²) in [5.74, 6) is -0.0462. The third kappa shape index (κ3) is 51.3. The molecule has 0 aliphatic carbocycles. The second kappa shape index (κ2) is 54.7. The first kappa shape index (κ1) is 63.1. The Morgan fingerprint density at radius 3 is 1.25 bits per heavy atom. The lowest BCUT2D eigenvalue weighted by molar-refractivity contribution is -0.143. The second-order valence-corrected chi connectivity index (χ2v) is 19.6. The van der Waals surface area contributed by atoms with Gasteiger partial charge in [0.25, 0.3) is 0 Å². The van der Waals surface area contributed by atoms with Crippen LogP contribution in [-0.2, 0) is 14.3 Å². The number of aliphatic hydroxyl groups is 2. The van der Waals surface area contributed by atoms with Crippen molar-refractivity contribution in [3.05, 3.63) is 36.5 Å². The van der Waals surface area contributed by atoms with E-state index < -0.39 is 12.1 Å². The molecule has 1 amide bonds. The lowest BCUT2D eigenvalue weighted by Crippen LogP contribution is -2.45. The normalized spacial score (nSPS) is 12.9. The standard InChI is InChI=1S/C59H111NO5/c1-3-5-7-9-11-13-15-28-33-37-41-45-49-53-59(64)65-54-50-46-42-38-34-30-27-25-23-21-19-17-18-20-22-24-26-29-32-36-40-44-48-52-58(63)60-56(55-61)57(62)51-47-43-39-35-31-16-14-12-10-8-6-4-2/h7,9,13,15,20,22,56-57,61-62H,3-6,8,10-12,14,16-19,21,23-55H2,1-2H3,(H,60,63)/b9-7-,15-13-,22-20-. The summed E-state index contributed by atoms with van der Waals surface area (Å²) >= 11 is 0. The van der Waals surface area contributed by atoms with Gasteiger partial charge in [-0.15, -0.1) is 0 Å². The first-order chi connectivity index (χ1) is 32.0. The molecule has 0 aromatic carbocycles. The second-order valence-electron chi connectivity index (χ2n) is 19.6. The third-order valence-electron chi connectivity index (χ3n) is 13.1. The molecule has 382 valence electrons. The molecule has 0 aliphatic heterocycles. The molecule has 0 radical (unpaired) electrons. The number of unbranched alkanes of at least 4 members (excludes halogenated alkanes) is 36. The molecule has 2 unspecified atom stereocenters. The molecular weight excluding hydrogens is 803 g/mol. The van der Waals surface area contributed by atoms with Crippen molar-refractivity contribution in [2.45, 2.75) is 315 Å². The maximum atomic E-state index is 12.4. The van der Waals surface area contributed by atoms with E-state index in [1.165, 1.54) is 218 Å². The number of ether oxygens (including phenoxy) is 1. The maximum Gasteiger partial charge on any atom is 0.305 e. The van der Waals surface area contributed by atoms with E-state index in [1.807, 2.05) is 0 Å². The van der Waals surface area contributed by atoms with Crippen LogP contribution >= 0.6 is 0 Å². The van der Waals surface area contributed by atoms with Crippen molar-refractivity contribution < 1.29 is 24.5 Å². The van der Waals surface area contributed by atoms with E-state index in [0.29, 0.717) is 25.9 Å². The highest BCUT2D eigenvalue weighted by atomic mass is 16.5. The SMILES string of the molecule is CCC/C=C\C/C=C\CCCCCCCC(=O)OCCCCCCCCCCCCCC/C=C\CCCCCCCCCC(=O)NC(CO)C(O)CCCCCCCCCCCCCC. The summed E-state index contributed by atoms with van der Waals surface area (Å²) in [4.78, 5) is 24.5. The molecule has 0 saturated heterocycles. The van der Waals surface area contributed by atoms with Crippen LogP contribution in [0, 0.1) is 0 Å². The van der Waals surface area contributed by atoms with E-state index >= 15 is 0 Å². The Morgan fingerprint density at radius 2 is 0.800 bits per heavy atom. The van der Waals surface area contributed by atoms with E-state index in [0.717, 1.165) is 51.4 Å². The van der Waals surface area contributed by atoms with Crippen LogP contribution in [0.2, 0.25) is 0 Å². The van der Waals surface area contributed by atoms with E-state index in [2.05, 4.69) is 55.6 Å². The van der Waals surface area contributed by atoms with Crippen LogP contribution in [0.3, 0.4) is 0 Å². The predicted octanol–water partition coefficient (Wildman–Crippen LogP) is 17.6. The minimum absolute atomic E-state index is 0.00420. The first-order valence-corrected chi connectivity index (χ1v) is 28.7. The van der Waals surface area contributed by atoms with Crippen LogP contribution in [0.25, 0.3) is 0 Å². The number of carbonyl (C=O) groups excluding carboxylic acids is 2. The van der Waals surface area contributed by atoms with Gasteiger partial charge in [-0.25, -0.2) is 0 Å². The number of esters is 1. The molecule has 0 spiro atoms. The van der Waals surface area contributed by atoms with Crippen LogP contribution in [0.1, 0.15) is 303 Å². The zero-order valence-corrected chi connectivity index (χ0v) is 43.5. The smallest absolute Gasteiger partial charge is 0.305 e. The van der Waals surface area contributed by atoms with Crippen molar-refractivity contribution in [1.82, 2.24) is 5.32 Å². The number of carbonyl (C=O) groups is 2. The summed E-state index contributed by atoms with van der Waals surface area (Å²) in [5.41, 5.74) is 0. The molecule has 0 aromatic heterocycles. The highest BCUT2D eigenvalue weighted by Gasteiger charge is 2.20. The molecule has 0 fully saturated rings. The van der Waals surface area contributed by atoms with Crippen LogP contribution in [0.5, 0.6) is 0 Å². The van der Waals surface area contributed by atoms with E-state index in [9.17, 15) is 19.8 Å². The van der Waals surface area contributed by atoms with Gasteiger partial charge in [0.2, 0.25) is 5.91 Å². The monoisotopic (exact) mass is 914 g/mol. The highest BCUT2D eigenvalue weighted by molar-refractivity contribution is 5.76. The van der Waals surface area contributed by atoms with E-state index in [4.69, 9.17) is 4.74 Å². The zero-order valence-electron chi connectivity index (χ0n) is 43.5. The minimum Gasteiger partial charge on any atom is -0.466 e. The fourth-order valence-corrected chi connectivity index (χ4v) is 8.73. The predicted molar refractivity (Wildman–Crippen MR) is 283 cm³/mol. The summed E-state index contributed by atoms with van der Waals surface area (Å²) in [5, 5.41) is 23.2. The van der Waals surface area contributed by atoms with Gasteiger partial charge in [0.1, 0.15) is 0 Å². The van der Waals surface area contributed by atoms with Crippen molar-refractivity contribution in [2.24, 2.45) is 0 Å². The van der Waals surface area contributed by atoms with E-state index in [-0.39, 0.29) is 18.5 Å². The Balaban J connectivity index is 3.41. The summed E-state index contributed by atoms with van der Waals surface area (Å²) in [7, 11) is 0. The maximum absolute atomic E-state index is 12.4. The van der Waals surface area contributed by atoms with Crippen molar-refractivity contribution in [1.29, 1.82) is 0 Å². The number of nitrogens with one attached hydrogen (secondary N) is 1. The van der Waals surface area contributed by atoms with Gasteiger partial charge in [-0.1, -0.05) is 249 Å². The fraction of sp³-hybridized carbons (Fsp3) is 0.864. The number of amides is 1. The minimum atomic E-state index is -0.667. The van der Waals surface area contributed by atoms with Crippen LogP contribution < -0.4 is 5.32 Å². The first-order valence-electron chi connectivity index (χ1n) is 28.7. The average molecular weight is 915 g/mol. The molecule has 0 heterocycles. The van der Waals surface area contributed by atoms with Gasteiger partial charge in [0.15, 0.2) is 0 Å². The number of rotatable bonds is 53. The van der Waals surface area contributed by atoms with Crippen LogP contribution in [-0.4, -0.2) is 47.4 Å². The quantitative estimate of drug-likeness (QED) is 0.0321. The molecule has 6 nitrogen and oxygen atoms in total. The molecule has 3 N–H and O–H groups in total. The molecule has 0 saturated carbocycles. The Labute approximate surface area is 404 Å². The topological polar surface area (TPSA) is 95.9 Å². The van der Waals surface area contributed by atoms with Crippen molar-refractivity contribution in [3.63, 3.8) is 0 Å². The Bertz CT molecular complexity index is 1060. The molecule has 0 aromatic rings. The molecule has 0 aliphatic rings. The molecule has 0 rings (SSSR count). The lowest BCUT2D eigenvalue weighted by atomic mass is 10.0.